The van der Waals surface area contributed by atoms with E-state index in [1.807, 2.05) is 24.3 Å². The third-order valence-electron chi connectivity index (χ3n) is 3.49. The maximum absolute atomic E-state index is 13.1. The topological polar surface area (TPSA) is 38.7 Å². The molecule has 0 radical (unpaired) electrons. The molecule has 0 aliphatic heterocycles. The molecule has 0 amide bonds. The molecule has 0 heterocycles. The Balaban J connectivity index is 1.79. The van der Waals surface area contributed by atoms with Gasteiger partial charge in [0.25, 0.3) is 0 Å². The van der Waals surface area contributed by atoms with Gasteiger partial charge in [-0.2, -0.15) is 0 Å². The van der Waals surface area contributed by atoms with Crippen LogP contribution in [-0.4, -0.2) is 31.5 Å². The molecule has 0 aromatic heterocycles. The maximum atomic E-state index is 13.1. The summed E-state index contributed by atoms with van der Waals surface area (Å²) in [6.45, 7) is 4.78. The van der Waals surface area contributed by atoms with Gasteiger partial charge in [-0.05, 0) is 41.7 Å². The van der Waals surface area contributed by atoms with Gasteiger partial charge in [-0.15, -0.1) is 0 Å². The van der Waals surface area contributed by atoms with Crippen LogP contribution in [0.1, 0.15) is 18.9 Å². The third kappa shape index (κ3) is 5.66. The number of aromatic hydroxyl groups is 1. The van der Waals surface area contributed by atoms with Crippen molar-refractivity contribution in [2.45, 2.75) is 19.8 Å². The zero-order chi connectivity index (χ0) is 16.5. The van der Waals surface area contributed by atoms with Crippen LogP contribution in [0.3, 0.4) is 0 Å². The average Bonchev–Trinajstić information content (AvgIpc) is 2.57. The van der Waals surface area contributed by atoms with Gasteiger partial charge in [-0.25, -0.2) is 4.39 Å². The Hall–Kier alpha value is -1.91. The van der Waals surface area contributed by atoms with E-state index < -0.39 is 5.82 Å². The van der Waals surface area contributed by atoms with Crippen molar-refractivity contribution in [1.29, 1.82) is 0 Å². The highest BCUT2D eigenvalue weighted by molar-refractivity contribution is 5.65. The summed E-state index contributed by atoms with van der Waals surface area (Å²) in [6, 6.07) is 12.3. The zero-order valence-corrected chi connectivity index (χ0v) is 13.4. The predicted molar refractivity (Wildman–Crippen MR) is 89.1 cm³/mol. The van der Waals surface area contributed by atoms with Gasteiger partial charge < -0.3 is 14.6 Å². The van der Waals surface area contributed by atoms with Gasteiger partial charge >= 0.3 is 0 Å². The van der Waals surface area contributed by atoms with E-state index in [1.54, 1.807) is 6.07 Å². The van der Waals surface area contributed by atoms with E-state index in [2.05, 4.69) is 6.92 Å². The second-order valence-electron chi connectivity index (χ2n) is 5.34. The summed E-state index contributed by atoms with van der Waals surface area (Å²) >= 11 is 0. The number of ether oxygens (including phenoxy) is 2. The molecule has 1 N–H and O–H groups in total. The van der Waals surface area contributed by atoms with Crippen LogP contribution in [0.4, 0.5) is 4.39 Å². The number of halogens is 1. The maximum Gasteiger partial charge on any atom is 0.164 e. The fourth-order valence-corrected chi connectivity index (χ4v) is 2.21. The molecule has 3 nitrogen and oxygen atoms in total. The van der Waals surface area contributed by atoms with Gasteiger partial charge in [0.2, 0.25) is 0 Å². The number of phenolic OH excluding ortho intramolecular Hbond substituents is 1. The Bertz CT molecular complexity index is 596. The van der Waals surface area contributed by atoms with Crippen molar-refractivity contribution in [2.75, 3.05) is 26.4 Å². The zero-order valence-electron chi connectivity index (χ0n) is 13.4. The first-order chi connectivity index (χ1) is 11.2. The third-order valence-corrected chi connectivity index (χ3v) is 3.49. The Kier molecular flexibility index (Phi) is 7.04. The molecule has 0 spiro atoms. The molecular formula is C19H23FO3. The van der Waals surface area contributed by atoms with E-state index in [1.165, 1.54) is 17.7 Å². The summed E-state index contributed by atoms with van der Waals surface area (Å²) in [4.78, 5) is 0. The highest BCUT2D eigenvalue weighted by Gasteiger charge is 2.04. The molecule has 0 saturated heterocycles. The summed E-state index contributed by atoms with van der Waals surface area (Å²) in [5, 5.41) is 9.43. The summed E-state index contributed by atoms with van der Waals surface area (Å²) < 4.78 is 24.0. The second kappa shape index (κ2) is 9.28. The van der Waals surface area contributed by atoms with E-state index in [-0.39, 0.29) is 5.75 Å². The summed E-state index contributed by atoms with van der Waals surface area (Å²) in [6.07, 6.45) is 1.86. The lowest BCUT2D eigenvalue weighted by Gasteiger charge is -2.07. The Labute approximate surface area is 136 Å². The van der Waals surface area contributed by atoms with E-state index in [4.69, 9.17) is 9.47 Å². The minimum absolute atomic E-state index is 0.328. The van der Waals surface area contributed by atoms with Crippen LogP contribution in [0.25, 0.3) is 11.1 Å². The lowest BCUT2D eigenvalue weighted by Crippen LogP contribution is -2.07. The van der Waals surface area contributed by atoms with Crippen LogP contribution in [0.15, 0.2) is 42.5 Å². The molecule has 0 fully saturated rings. The van der Waals surface area contributed by atoms with Crippen LogP contribution in [-0.2, 0) is 15.9 Å². The van der Waals surface area contributed by atoms with Crippen molar-refractivity contribution in [3.05, 3.63) is 53.8 Å². The monoisotopic (exact) mass is 318 g/mol. The first-order valence-corrected chi connectivity index (χ1v) is 7.94. The fraction of sp³-hybridized carbons (Fsp3) is 0.368. The fourth-order valence-electron chi connectivity index (χ4n) is 2.21. The smallest absolute Gasteiger partial charge is 0.164 e. The molecule has 2 aromatic carbocycles. The van der Waals surface area contributed by atoms with Crippen LogP contribution >= 0.6 is 0 Å². The van der Waals surface area contributed by atoms with Crippen molar-refractivity contribution in [3.63, 3.8) is 0 Å². The largest absolute Gasteiger partial charge is 0.505 e. The molecule has 0 unspecified atom stereocenters. The number of rotatable bonds is 9. The average molecular weight is 318 g/mol. The molecule has 2 aromatic rings. The molecule has 4 heteroatoms. The highest BCUT2D eigenvalue weighted by Crippen LogP contribution is 2.25. The minimum Gasteiger partial charge on any atom is -0.505 e. The number of benzene rings is 2. The van der Waals surface area contributed by atoms with E-state index in [0.717, 1.165) is 30.6 Å². The molecule has 0 aliphatic carbocycles. The lowest BCUT2D eigenvalue weighted by atomic mass is 10.0. The van der Waals surface area contributed by atoms with Gasteiger partial charge in [0.15, 0.2) is 11.6 Å². The van der Waals surface area contributed by atoms with Gasteiger partial charge in [-0.3, -0.25) is 0 Å². The Morgan fingerprint density at radius 3 is 2.17 bits per heavy atom. The molecule has 23 heavy (non-hydrogen) atoms. The van der Waals surface area contributed by atoms with Crippen LogP contribution in [0.2, 0.25) is 0 Å². The predicted octanol–water partition coefficient (Wildman–Crippen LogP) is 4.18. The van der Waals surface area contributed by atoms with E-state index in [0.29, 0.717) is 19.8 Å². The molecule has 0 saturated carbocycles. The van der Waals surface area contributed by atoms with Gasteiger partial charge in [0.1, 0.15) is 0 Å². The van der Waals surface area contributed by atoms with Gasteiger partial charge in [0.05, 0.1) is 19.8 Å². The van der Waals surface area contributed by atoms with Crippen LogP contribution in [0, 0.1) is 5.82 Å². The summed E-state index contributed by atoms with van der Waals surface area (Å²) in [7, 11) is 0. The standard InChI is InChI=1S/C19H23FO3/c1-2-10-22-12-13-23-11-9-15-3-5-16(6-4-15)17-7-8-18(20)19(21)14-17/h3-8,14,21H,2,9-13H2,1H3. The van der Waals surface area contributed by atoms with Gasteiger partial charge in [0, 0.05) is 6.61 Å². The summed E-state index contributed by atoms with van der Waals surface area (Å²) in [5.41, 5.74) is 2.91. The van der Waals surface area contributed by atoms with Crippen LogP contribution < -0.4 is 0 Å². The molecule has 0 bridgehead atoms. The van der Waals surface area contributed by atoms with E-state index >= 15 is 0 Å². The molecular weight excluding hydrogens is 295 g/mol. The minimum atomic E-state index is -0.606. The normalized spacial score (nSPS) is 10.9. The molecule has 2 rings (SSSR count). The van der Waals surface area contributed by atoms with Crippen molar-refractivity contribution in [3.8, 4) is 16.9 Å². The number of phenols is 1. The Morgan fingerprint density at radius 2 is 1.52 bits per heavy atom. The summed E-state index contributed by atoms with van der Waals surface area (Å²) in [5.74, 6) is -0.935. The molecule has 0 aliphatic rings. The highest BCUT2D eigenvalue weighted by atomic mass is 19.1. The number of hydrogen-bond acceptors (Lipinski definition) is 3. The Morgan fingerprint density at radius 1 is 0.870 bits per heavy atom. The van der Waals surface area contributed by atoms with E-state index in [9.17, 15) is 9.50 Å². The van der Waals surface area contributed by atoms with Gasteiger partial charge in [-0.1, -0.05) is 37.3 Å². The molecule has 124 valence electrons. The second-order valence-corrected chi connectivity index (χ2v) is 5.34. The number of hydrogen-bond donors (Lipinski definition) is 1. The van der Waals surface area contributed by atoms with Crippen molar-refractivity contribution < 1.29 is 19.0 Å². The first kappa shape index (κ1) is 17.4. The first-order valence-electron chi connectivity index (χ1n) is 7.94. The SMILES string of the molecule is CCCOCCOCCc1ccc(-c2ccc(F)c(O)c2)cc1. The quantitative estimate of drug-likeness (QED) is 0.705. The van der Waals surface area contributed by atoms with Crippen molar-refractivity contribution in [2.24, 2.45) is 0 Å². The lowest BCUT2D eigenvalue weighted by molar-refractivity contribution is 0.0492. The van der Waals surface area contributed by atoms with Crippen LogP contribution in [0.5, 0.6) is 5.75 Å². The van der Waals surface area contributed by atoms with Crippen molar-refractivity contribution >= 4 is 0 Å². The van der Waals surface area contributed by atoms with Crippen molar-refractivity contribution in [1.82, 2.24) is 0 Å². The molecule has 0 atom stereocenters.